The third kappa shape index (κ3) is 4.84. The van der Waals surface area contributed by atoms with E-state index in [2.05, 4.69) is 5.32 Å². The minimum Gasteiger partial charge on any atom is -0.450 e. The number of nitrogens with zero attached hydrogens (tertiary/aromatic N) is 1. The number of hydrogen-bond acceptors (Lipinski definition) is 4. The van der Waals surface area contributed by atoms with Crippen molar-refractivity contribution >= 4 is 23.2 Å². The average Bonchev–Trinajstić information content (AvgIpc) is 2.61. The Balaban J connectivity index is 2.26. The first kappa shape index (κ1) is 19.5. The van der Waals surface area contributed by atoms with Gasteiger partial charge in [-0.2, -0.15) is 0 Å². The predicted octanol–water partition coefficient (Wildman–Crippen LogP) is 4.53. The van der Waals surface area contributed by atoms with Crippen LogP contribution in [-0.2, 0) is 11.3 Å². The maximum Gasteiger partial charge on any atom is 0.411 e. The van der Waals surface area contributed by atoms with E-state index in [1.54, 1.807) is 25.1 Å². The van der Waals surface area contributed by atoms with E-state index in [1.807, 2.05) is 11.8 Å². The molecule has 0 aliphatic rings. The van der Waals surface area contributed by atoms with Crippen molar-refractivity contribution in [1.82, 2.24) is 0 Å². The predicted molar refractivity (Wildman–Crippen MR) is 99.2 cm³/mol. The van der Waals surface area contributed by atoms with Crippen LogP contribution < -0.4 is 16.0 Å². The molecule has 0 fully saturated rings. The number of ether oxygens (including phenoxy) is 1. The first-order chi connectivity index (χ1) is 12.5. The SMILES string of the molecule is CCCN(Cc1ccc(F)cc1)c1ccc(NC(=O)OCC)c(N)c1F. The first-order valence-corrected chi connectivity index (χ1v) is 8.47. The Morgan fingerprint density at radius 1 is 1.15 bits per heavy atom. The van der Waals surface area contributed by atoms with Crippen molar-refractivity contribution in [3.05, 3.63) is 53.6 Å². The van der Waals surface area contributed by atoms with Gasteiger partial charge in [0.2, 0.25) is 0 Å². The second-order valence-corrected chi connectivity index (χ2v) is 5.75. The van der Waals surface area contributed by atoms with Crippen LogP contribution in [0, 0.1) is 11.6 Å². The molecule has 0 atom stereocenters. The molecule has 26 heavy (non-hydrogen) atoms. The van der Waals surface area contributed by atoms with Crippen LogP contribution in [0.25, 0.3) is 0 Å². The number of halogens is 2. The van der Waals surface area contributed by atoms with Gasteiger partial charge in [-0.15, -0.1) is 0 Å². The zero-order valence-electron chi connectivity index (χ0n) is 14.9. The molecule has 0 saturated carbocycles. The first-order valence-electron chi connectivity index (χ1n) is 8.47. The second-order valence-electron chi connectivity index (χ2n) is 5.75. The monoisotopic (exact) mass is 363 g/mol. The highest BCUT2D eigenvalue weighted by Gasteiger charge is 2.18. The third-order valence-corrected chi connectivity index (χ3v) is 3.79. The van der Waals surface area contributed by atoms with Crippen LogP contribution in [0.5, 0.6) is 0 Å². The molecule has 1 amide bonds. The Hall–Kier alpha value is -2.83. The molecule has 0 aliphatic heterocycles. The molecule has 5 nitrogen and oxygen atoms in total. The largest absolute Gasteiger partial charge is 0.450 e. The van der Waals surface area contributed by atoms with Crippen LogP contribution >= 0.6 is 0 Å². The maximum absolute atomic E-state index is 14.8. The Morgan fingerprint density at radius 2 is 1.85 bits per heavy atom. The summed E-state index contributed by atoms with van der Waals surface area (Å²) in [6.45, 7) is 4.86. The fraction of sp³-hybridized carbons (Fsp3) is 0.316. The van der Waals surface area contributed by atoms with Crippen LogP contribution in [0.15, 0.2) is 36.4 Å². The van der Waals surface area contributed by atoms with Crippen molar-refractivity contribution in [3.63, 3.8) is 0 Å². The summed E-state index contributed by atoms with van der Waals surface area (Å²) < 4.78 is 32.7. The number of benzene rings is 2. The lowest BCUT2D eigenvalue weighted by atomic mass is 10.1. The summed E-state index contributed by atoms with van der Waals surface area (Å²) in [5.41, 5.74) is 7.03. The van der Waals surface area contributed by atoms with E-state index < -0.39 is 11.9 Å². The number of nitrogens with one attached hydrogen (secondary N) is 1. The van der Waals surface area contributed by atoms with Gasteiger partial charge in [0.1, 0.15) is 5.82 Å². The smallest absolute Gasteiger partial charge is 0.411 e. The summed E-state index contributed by atoms with van der Waals surface area (Å²) in [6, 6.07) is 9.17. The molecule has 0 radical (unpaired) electrons. The van der Waals surface area contributed by atoms with Crippen LogP contribution in [0.1, 0.15) is 25.8 Å². The lowest BCUT2D eigenvalue weighted by Crippen LogP contribution is -2.25. The minimum atomic E-state index is -0.692. The van der Waals surface area contributed by atoms with E-state index in [9.17, 15) is 13.6 Å². The number of anilines is 3. The van der Waals surface area contributed by atoms with Gasteiger partial charge in [-0.1, -0.05) is 19.1 Å². The highest BCUT2D eigenvalue weighted by Crippen LogP contribution is 2.31. The van der Waals surface area contributed by atoms with Crippen molar-refractivity contribution in [2.45, 2.75) is 26.8 Å². The Kier molecular flexibility index (Phi) is 6.77. The van der Waals surface area contributed by atoms with Crippen LogP contribution in [0.4, 0.5) is 30.6 Å². The zero-order chi connectivity index (χ0) is 19.1. The van der Waals surface area contributed by atoms with E-state index in [0.717, 1.165) is 12.0 Å². The number of carbonyl (C=O) groups is 1. The van der Waals surface area contributed by atoms with E-state index in [0.29, 0.717) is 18.8 Å². The van der Waals surface area contributed by atoms with Gasteiger partial charge in [0.05, 0.1) is 23.7 Å². The fourth-order valence-corrected chi connectivity index (χ4v) is 2.58. The lowest BCUT2D eigenvalue weighted by Gasteiger charge is -2.26. The quantitative estimate of drug-likeness (QED) is 0.709. The summed E-state index contributed by atoms with van der Waals surface area (Å²) in [4.78, 5) is 13.3. The van der Waals surface area contributed by atoms with Gasteiger partial charge in [-0.25, -0.2) is 13.6 Å². The van der Waals surface area contributed by atoms with Gasteiger partial charge in [-0.05, 0) is 43.2 Å². The highest BCUT2D eigenvalue weighted by atomic mass is 19.1. The van der Waals surface area contributed by atoms with E-state index in [1.165, 1.54) is 18.2 Å². The number of rotatable bonds is 7. The Bertz CT molecular complexity index is 751. The summed E-state index contributed by atoms with van der Waals surface area (Å²) >= 11 is 0. The summed E-state index contributed by atoms with van der Waals surface area (Å²) in [7, 11) is 0. The maximum atomic E-state index is 14.8. The molecular weight excluding hydrogens is 340 g/mol. The molecule has 0 saturated heterocycles. The number of nitrogen functional groups attached to an aromatic ring is 1. The molecule has 140 valence electrons. The minimum absolute atomic E-state index is 0.155. The number of nitrogens with two attached hydrogens (primary N) is 1. The topological polar surface area (TPSA) is 67.6 Å². The van der Waals surface area contributed by atoms with Crippen molar-refractivity contribution < 1.29 is 18.3 Å². The van der Waals surface area contributed by atoms with E-state index >= 15 is 0 Å². The van der Waals surface area contributed by atoms with Crippen molar-refractivity contribution in [2.75, 3.05) is 29.1 Å². The molecule has 2 aromatic carbocycles. The molecule has 2 rings (SSSR count). The highest BCUT2D eigenvalue weighted by molar-refractivity contribution is 5.90. The van der Waals surface area contributed by atoms with Gasteiger partial charge < -0.3 is 15.4 Å². The molecule has 0 bridgehead atoms. The summed E-state index contributed by atoms with van der Waals surface area (Å²) in [5.74, 6) is -0.935. The van der Waals surface area contributed by atoms with Crippen molar-refractivity contribution in [3.8, 4) is 0 Å². The summed E-state index contributed by atoms with van der Waals surface area (Å²) in [5, 5.41) is 2.42. The molecule has 0 spiro atoms. The van der Waals surface area contributed by atoms with E-state index in [-0.39, 0.29) is 23.8 Å². The van der Waals surface area contributed by atoms with Crippen LogP contribution in [0.2, 0.25) is 0 Å². The van der Waals surface area contributed by atoms with Gasteiger partial charge in [0.15, 0.2) is 5.82 Å². The molecule has 3 N–H and O–H groups in total. The van der Waals surface area contributed by atoms with Crippen LogP contribution in [-0.4, -0.2) is 19.2 Å². The summed E-state index contributed by atoms with van der Waals surface area (Å²) in [6.07, 6.45) is 0.103. The van der Waals surface area contributed by atoms with Gasteiger partial charge >= 0.3 is 6.09 Å². The average molecular weight is 363 g/mol. The zero-order valence-corrected chi connectivity index (χ0v) is 14.9. The van der Waals surface area contributed by atoms with E-state index in [4.69, 9.17) is 10.5 Å². The molecule has 0 unspecified atom stereocenters. The van der Waals surface area contributed by atoms with Gasteiger partial charge in [0.25, 0.3) is 0 Å². The van der Waals surface area contributed by atoms with Gasteiger partial charge in [0, 0.05) is 13.1 Å². The van der Waals surface area contributed by atoms with Gasteiger partial charge in [-0.3, -0.25) is 5.32 Å². The fourth-order valence-electron chi connectivity index (χ4n) is 2.58. The van der Waals surface area contributed by atoms with Crippen molar-refractivity contribution in [2.24, 2.45) is 0 Å². The molecule has 2 aromatic rings. The number of amides is 1. The Labute approximate surface area is 151 Å². The molecular formula is C19H23F2N3O2. The molecule has 0 aromatic heterocycles. The second kappa shape index (κ2) is 9.03. The molecule has 0 aliphatic carbocycles. The van der Waals surface area contributed by atoms with Crippen molar-refractivity contribution in [1.29, 1.82) is 0 Å². The number of hydrogen-bond donors (Lipinski definition) is 2. The third-order valence-electron chi connectivity index (χ3n) is 3.79. The normalized spacial score (nSPS) is 10.5. The Morgan fingerprint density at radius 3 is 2.46 bits per heavy atom. The molecule has 7 heteroatoms. The standard InChI is InChI=1S/C19H23F2N3O2/c1-3-11-24(12-13-5-7-14(20)8-6-13)16-10-9-15(18(22)17(16)21)23-19(25)26-4-2/h5-10H,3-4,11-12,22H2,1-2H3,(H,23,25). The van der Waals surface area contributed by atoms with Crippen LogP contribution in [0.3, 0.4) is 0 Å². The lowest BCUT2D eigenvalue weighted by molar-refractivity contribution is 0.168. The number of carbonyl (C=O) groups excluding carboxylic acids is 1. The molecule has 0 heterocycles.